The molecule has 1 saturated heterocycles. The van der Waals surface area contributed by atoms with Gasteiger partial charge in [-0.05, 0) is 23.3 Å². The van der Waals surface area contributed by atoms with E-state index in [0.29, 0.717) is 11.5 Å². The van der Waals surface area contributed by atoms with Gasteiger partial charge >= 0.3 is 11.9 Å². The summed E-state index contributed by atoms with van der Waals surface area (Å²) < 4.78 is 27.4. The van der Waals surface area contributed by atoms with Crippen LogP contribution in [-0.2, 0) is 23.8 Å². The van der Waals surface area contributed by atoms with Crippen LogP contribution in [0.4, 0.5) is 0 Å². The third kappa shape index (κ3) is 2.39. The highest BCUT2D eigenvalue weighted by atomic mass is 16.7. The van der Waals surface area contributed by atoms with Crippen molar-refractivity contribution in [1.82, 2.24) is 0 Å². The zero-order valence-corrected chi connectivity index (χ0v) is 13.4. The molecular weight excluding hydrogens is 316 g/mol. The maximum absolute atomic E-state index is 11.2. The Bertz CT molecular complexity index is 641. The van der Waals surface area contributed by atoms with E-state index in [1.54, 1.807) is 0 Å². The molecule has 24 heavy (non-hydrogen) atoms. The van der Waals surface area contributed by atoms with Gasteiger partial charge in [-0.25, -0.2) is 0 Å². The molecule has 1 aromatic rings. The minimum absolute atomic E-state index is 0.0638. The summed E-state index contributed by atoms with van der Waals surface area (Å²) in [5.74, 6) is 0.599. The van der Waals surface area contributed by atoms with Crippen molar-refractivity contribution in [1.29, 1.82) is 0 Å². The predicted octanol–water partition coefficient (Wildman–Crippen LogP) is 1.90. The van der Waals surface area contributed by atoms with Crippen molar-refractivity contribution in [3.05, 3.63) is 23.3 Å². The summed E-state index contributed by atoms with van der Waals surface area (Å²) in [6.45, 7) is 3.43. The van der Waals surface area contributed by atoms with E-state index in [1.165, 1.54) is 13.8 Å². The molecule has 0 N–H and O–H groups in total. The van der Waals surface area contributed by atoms with Crippen LogP contribution < -0.4 is 9.47 Å². The maximum Gasteiger partial charge on any atom is 0.302 e. The van der Waals surface area contributed by atoms with E-state index in [2.05, 4.69) is 0 Å². The molecule has 7 heteroatoms. The van der Waals surface area contributed by atoms with Crippen LogP contribution in [0.2, 0.25) is 0 Å². The monoisotopic (exact) mass is 334 g/mol. The fraction of sp³-hybridized carbons (Fsp3) is 0.529. The van der Waals surface area contributed by atoms with Gasteiger partial charge in [-0.1, -0.05) is 0 Å². The Morgan fingerprint density at radius 3 is 1.83 bits per heavy atom. The van der Waals surface area contributed by atoms with Crippen LogP contribution in [0.5, 0.6) is 11.5 Å². The summed E-state index contributed by atoms with van der Waals surface area (Å²) >= 11 is 0. The van der Waals surface area contributed by atoms with Gasteiger partial charge in [-0.3, -0.25) is 9.59 Å². The Balaban J connectivity index is 1.64. The van der Waals surface area contributed by atoms with Crippen LogP contribution >= 0.6 is 0 Å². The number of esters is 2. The molecule has 2 unspecified atom stereocenters. The average Bonchev–Trinajstić information content (AvgIpc) is 3.21. The smallest absolute Gasteiger partial charge is 0.302 e. The van der Waals surface area contributed by atoms with Gasteiger partial charge < -0.3 is 23.7 Å². The summed E-state index contributed by atoms with van der Waals surface area (Å²) in [7, 11) is 0. The van der Waals surface area contributed by atoms with Crippen LogP contribution in [-0.4, -0.2) is 31.9 Å². The van der Waals surface area contributed by atoms with Crippen molar-refractivity contribution in [2.24, 2.45) is 11.8 Å². The van der Waals surface area contributed by atoms with Crippen LogP contribution in [0, 0.1) is 11.8 Å². The number of rotatable bonds is 4. The molecule has 3 aliphatic rings. The molecule has 7 nitrogen and oxygen atoms in total. The maximum atomic E-state index is 11.2. The molecule has 0 radical (unpaired) electrons. The Hall–Kier alpha value is -2.28. The highest BCUT2D eigenvalue weighted by Gasteiger charge is 2.53. The minimum atomic E-state index is -0.338. The molecule has 4 atom stereocenters. The number of hydrogen-bond acceptors (Lipinski definition) is 7. The van der Waals surface area contributed by atoms with Gasteiger partial charge in [0, 0.05) is 25.7 Å². The van der Waals surface area contributed by atoms with Crippen LogP contribution in [0.15, 0.2) is 12.1 Å². The molecular formula is C17H18O7. The first-order valence-electron chi connectivity index (χ1n) is 7.90. The largest absolute Gasteiger partial charge is 0.465 e. The second-order valence-corrected chi connectivity index (χ2v) is 6.24. The summed E-state index contributed by atoms with van der Waals surface area (Å²) in [5, 5.41) is 0. The highest BCUT2D eigenvalue weighted by molar-refractivity contribution is 5.66. The quantitative estimate of drug-likeness (QED) is 0.778. The number of benzene rings is 1. The van der Waals surface area contributed by atoms with Gasteiger partial charge in [0.25, 0.3) is 0 Å². The fourth-order valence-electron chi connectivity index (χ4n) is 3.73. The summed E-state index contributed by atoms with van der Waals surface area (Å²) in [6, 6.07) is 3.87. The van der Waals surface area contributed by atoms with E-state index in [9.17, 15) is 9.59 Å². The first-order valence-corrected chi connectivity index (χ1v) is 7.90. The summed E-state index contributed by atoms with van der Waals surface area (Å²) in [6.07, 6.45) is -0.418. The van der Waals surface area contributed by atoms with Crippen LogP contribution in [0.3, 0.4) is 0 Å². The molecule has 0 amide bonds. The Labute approximate surface area is 138 Å². The lowest BCUT2D eigenvalue weighted by molar-refractivity contribution is -0.146. The molecule has 3 aliphatic heterocycles. The number of carbonyl (C=O) groups excluding carboxylic acids is 2. The first kappa shape index (κ1) is 15.3. The van der Waals surface area contributed by atoms with Gasteiger partial charge in [-0.2, -0.15) is 0 Å². The molecule has 0 saturated carbocycles. The van der Waals surface area contributed by atoms with Gasteiger partial charge in [0.1, 0.15) is 0 Å². The second kappa shape index (κ2) is 5.66. The standard InChI is InChI=1S/C17H18O7/c1-8(18)20-5-12-13(6-21-9(2)19)17-11-4-15-14(22-7-23-15)3-10(11)16(12)24-17/h3-4,12-13,16-17H,5-7H2,1-2H3/t12?,13?,16-,17+. The zero-order chi connectivity index (χ0) is 16.8. The average molecular weight is 334 g/mol. The molecule has 1 fully saturated rings. The SMILES string of the molecule is CC(=O)OCC1C(COC(C)=O)[C@H]2O[C@@H]1c1cc3c(cc12)OCO3. The molecule has 1 aromatic carbocycles. The normalized spacial score (nSPS) is 28.6. The number of carbonyl (C=O) groups is 2. The van der Waals surface area contributed by atoms with E-state index >= 15 is 0 Å². The molecule has 0 spiro atoms. The van der Waals surface area contributed by atoms with Gasteiger partial charge in [0.2, 0.25) is 6.79 Å². The fourth-order valence-corrected chi connectivity index (χ4v) is 3.73. The molecule has 3 heterocycles. The van der Waals surface area contributed by atoms with E-state index in [4.69, 9.17) is 23.7 Å². The van der Waals surface area contributed by atoms with Crippen LogP contribution in [0.1, 0.15) is 37.2 Å². The Morgan fingerprint density at radius 1 is 0.958 bits per heavy atom. The van der Waals surface area contributed by atoms with Crippen LogP contribution in [0.25, 0.3) is 0 Å². The van der Waals surface area contributed by atoms with Crippen molar-refractivity contribution in [2.75, 3.05) is 20.0 Å². The van der Waals surface area contributed by atoms with Crippen molar-refractivity contribution >= 4 is 11.9 Å². The second-order valence-electron chi connectivity index (χ2n) is 6.24. The van der Waals surface area contributed by atoms with Crippen molar-refractivity contribution in [3.8, 4) is 11.5 Å². The minimum Gasteiger partial charge on any atom is -0.465 e. The lowest BCUT2D eigenvalue weighted by Gasteiger charge is -2.28. The van der Waals surface area contributed by atoms with Gasteiger partial charge in [0.05, 0.1) is 25.4 Å². The van der Waals surface area contributed by atoms with E-state index in [-0.39, 0.29) is 56.0 Å². The number of ether oxygens (including phenoxy) is 5. The topological polar surface area (TPSA) is 80.3 Å². The van der Waals surface area contributed by atoms with E-state index in [1.807, 2.05) is 12.1 Å². The van der Waals surface area contributed by atoms with Crippen molar-refractivity contribution < 1.29 is 33.3 Å². The Kier molecular flexibility index (Phi) is 3.60. The zero-order valence-electron chi connectivity index (χ0n) is 13.4. The third-order valence-electron chi connectivity index (χ3n) is 4.77. The first-order chi connectivity index (χ1) is 11.5. The molecule has 128 valence electrons. The van der Waals surface area contributed by atoms with E-state index in [0.717, 1.165) is 11.1 Å². The van der Waals surface area contributed by atoms with Gasteiger partial charge in [0.15, 0.2) is 11.5 Å². The third-order valence-corrected chi connectivity index (χ3v) is 4.77. The summed E-state index contributed by atoms with van der Waals surface area (Å²) in [4.78, 5) is 22.4. The van der Waals surface area contributed by atoms with Crippen molar-refractivity contribution in [2.45, 2.75) is 26.1 Å². The Morgan fingerprint density at radius 2 is 1.42 bits per heavy atom. The lowest BCUT2D eigenvalue weighted by Crippen LogP contribution is -2.30. The molecule has 4 rings (SSSR count). The number of fused-ring (bicyclic) bond motifs is 6. The molecule has 2 bridgehead atoms. The molecule has 0 aromatic heterocycles. The number of hydrogen-bond donors (Lipinski definition) is 0. The van der Waals surface area contributed by atoms with Gasteiger partial charge in [-0.15, -0.1) is 0 Å². The molecule has 0 aliphatic carbocycles. The lowest BCUT2D eigenvalue weighted by atomic mass is 9.76. The summed E-state index contributed by atoms with van der Waals surface area (Å²) in [5.41, 5.74) is 2.06. The highest BCUT2D eigenvalue weighted by Crippen LogP contribution is 2.59. The van der Waals surface area contributed by atoms with Crippen molar-refractivity contribution in [3.63, 3.8) is 0 Å². The van der Waals surface area contributed by atoms with E-state index < -0.39 is 0 Å². The predicted molar refractivity (Wildman–Crippen MR) is 79.4 cm³/mol.